The molecule has 0 fully saturated rings. The minimum Gasteiger partial charge on any atom is -0.490 e. The topological polar surface area (TPSA) is 85.9 Å². The quantitative estimate of drug-likeness (QED) is 0.304. The van der Waals surface area contributed by atoms with Gasteiger partial charge in [0.15, 0.2) is 5.11 Å². The van der Waals surface area contributed by atoms with Gasteiger partial charge in [-0.3, -0.25) is 10.1 Å². The second kappa shape index (κ2) is 11.5. The second-order valence-corrected chi connectivity index (χ2v) is 6.89. The number of benzene rings is 3. The van der Waals surface area contributed by atoms with Crippen LogP contribution in [0.1, 0.15) is 20.7 Å². The van der Waals surface area contributed by atoms with Crippen LogP contribution >= 0.6 is 12.2 Å². The Labute approximate surface area is 191 Å². The Kier molecular flexibility index (Phi) is 8.16. The number of thiocarbonyl (C=S) groups is 1. The number of rotatable bonds is 8. The zero-order valence-corrected chi connectivity index (χ0v) is 18.2. The highest BCUT2D eigenvalue weighted by atomic mass is 32.1. The first-order chi connectivity index (χ1) is 15.6. The Hall–Kier alpha value is -3.91. The van der Waals surface area contributed by atoms with E-state index in [1.807, 2.05) is 42.5 Å². The van der Waals surface area contributed by atoms with Gasteiger partial charge in [0, 0.05) is 5.56 Å². The lowest BCUT2D eigenvalue weighted by Crippen LogP contribution is -2.34. The maximum atomic E-state index is 12.4. The maximum absolute atomic E-state index is 12.4. The highest BCUT2D eigenvalue weighted by Gasteiger charge is 2.12. The predicted molar refractivity (Wildman–Crippen MR) is 125 cm³/mol. The summed E-state index contributed by atoms with van der Waals surface area (Å²) >= 11 is 5.26. The first-order valence-corrected chi connectivity index (χ1v) is 10.2. The molecule has 0 aromatic heterocycles. The monoisotopic (exact) mass is 450 g/mol. The van der Waals surface area contributed by atoms with Crippen molar-refractivity contribution >= 4 is 34.9 Å². The summed E-state index contributed by atoms with van der Waals surface area (Å²) in [5.74, 6) is 0.461. The third-order valence-electron chi connectivity index (χ3n) is 4.28. The molecule has 0 unspecified atom stereocenters. The van der Waals surface area contributed by atoms with Crippen molar-refractivity contribution in [3.8, 4) is 11.5 Å². The Morgan fingerprint density at radius 3 is 2.16 bits per heavy atom. The van der Waals surface area contributed by atoms with Gasteiger partial charge in [-0.15, -0.1) is 0 Å². The lowest BCUT2D eigenvalue weighted by molar-refractivity contribution is 0.0600. The van der Waals surface area contributed by atoms with Gasteiger partial charge in [0.05, 0.1) is 18.4 Å². The Morgan fingerprint density at radius 1 is 0.812 bits per heavy atom. The molecular weight excluding hydrogens is 428 g/mol. The number of hydrogen-bond acceptors (Lipinski definition) is 6. The molecule has 32 heavy (non-hydrogen) atoms. The number of carbonyl (C=O) groups is 2. The van der Waals surface area contributed by atoms with Gasteiger partial charge in [-0.2, -0.15) is 0 Å². The summed E-state index contributed by atoms with van der Waals surface area (Å²) in [6.07, 6.45) is 0. The number of amides is 1. The van der Waals surface area contributed by atoms with Crippen LogP contribution in [0.25, 0.3) is 0 Å². The first kappa shape index (κ1) is 22.8. The number of methoxy groups -OCH3 is 1. The van der Waals surface area contributed by atoms with Gasteiger partial charge < -0.3 is 19.5 Å². The summed E-state index contributed by atoms with van der Waals surface area (Å²) in [7, 11) is 1.30. The summed E-state index contributed by atoms with van der Waals surface area (Å²) in [5, 5.41) is 5.69. The zero-order chi connectivity index (χ0) is 22.8. The molecule has 0 bridgehead atoms. The van der Waals surface area contributed by atoms with E-state index in [1.54, 1.807) is 12.1 Å². The minimum absolute atomic E-state index is 0.114. The molecule has 8 heteroatoms. The Balaban J connectivity index is 1.52. The van der Waals surface area contributed by atoms with E-state index < -0.39 is 11.9 Å². The molecule has 0 aliphatic heterocycles. The van der Waals surface area contributed by atoms with E-state index in [4.69, 9.17) is 21.7 Å². The molecule has 3 rings (SSSR count). The standard InChI is InChI=1S/C24H22N2O5S/c1-29-23(28)18-13-11-17(12-14-18)22(27)26-24(32)25-20-9-5-6-10-21(20)31-16-15-30-19-7-3-2-4-8-19/h2-14H,15-16H2,1H3,(H2,25,26,27,32). The maximum Gasteiger partial charge on any atom is 0.337 e. The van der Waals surface area contributed by atoms with Crippen LogP contribution in [0.3, 0.4) is 0 Å². The van der Waals surface area contributed by atoms with Crippen molar-refractivity contribution in [1.82, 2.24) is 5.32 Å². The third-order valence-corrected chi connectivity index (χ3v) is 4.49. The number of hydrogen-bond donors (Lipinski definition) is 2. The molecule has 0 spiro atoms. The van der Waals surface area contributed by atoms with Gasteiger partial charge in [0.25, 0.3) is 5.91 Å². The van der Waals surface area contributed by atoms with Crippen LogP contribution in [0, 0.1) is 0 Å². The molecule has 0 atom stereocenters. The Morgan fingerprint density at radius 2 is 1.44 bits per heavy atom. The fraction of sp³-hybridized carbons (Fsp3) is 0.125. The lowest BCUT2D eigenvalue weighted by atomic mass is 10.1. The summed E-state index contributed by atoms with van der Waals surface area (Å²) in [5.41, 5.74) is 1.31. The van der Waals surface area contributed by atoms with Crippen molar-refractivity contribution in [1.29, 1.82) is 0 Å². The van der Waals surface area contributed by atoms with Crippen LogP contribution in [0.4, 0.5) is 5.69 Å². The molecule has 7 nitrogen and oxygen atoms in total. The number of carbonyl (C=O) groups excluding carboxylic acids is 2. The minimum atomic E-state index is -0.472. The molecular formula is C24H22N2O5S. The van der Waals surface area contributed by atoms with Crippen molar-refractivity contribution < 1.29 is 23.8 Å². The number of esters is 1. The first-order valence-electron chi connectivity index (χ1n) is 9.77. The smallest absolute Gasteiger partial charge is 0.337 e. The van der Waals surface area contributed by atoms with E-state index in [0.29, 0.717) is 35.8 Å². The Bertz CT molecular complexity index is 1070. The fourth-order valence-corrected chi connectivity index (χ4v) is 2.93. The number of ether oxygens (including phenoxy) is 3. The normalized spacial score (nSPS) is 10.0. The summed E-state index contributed by atoms with van der Waals surface area (Å²) in [6.45, 7) is 0.709. The molecule has 0 heterocycles. The van der Waals surface area contributed by atoms with Crippen LogP contribution in [-0.2, 0) is 4.74 Å². The van der Waals surface area contributed by atoms with Crippen LogP contribution in [-0.4, -0.2) is 37.3 Å². The number of anilines is 1. The number of para-hydroxylation sites is 3. The van der Waals surface area contributed by atoms with E-state index in [-0.39, 0.29) is 5.11 Å². The molecule has 1 amide bonds. The van der Waals surface area contributed by atoms with Gasteiger partial charge in [-0.1, -0.05) is 30.3 Å². The average Bonchev–Trinajstić information content (AvgIpc) is 2.83. The van der Waals surface area contributed by atoms with Crippen molar-refractivity contribution in [3.63, 3.8) is 0 Å². The molecule has 2 N–H and O–H groups in total. The van der Waals surface area contributed by atoms with Crippen molar-refractivity contribution in [2.24, 2.45) is 0 Å². The number of nitrogens with one attached hydrogen (secondary N) is 2. The van der Waals surface area contributed by atoms with E-state index in [2.05, 4.69) is 15.4 Å². The van der Waals surface area contributed by atoms with Gasteiger partial charge in [0.2, 0.25) is 0 Å². The van der Waals surface area contributed by atoms with Crippen molar-refractivity contribution in [3.05, 3.63) is 90.0 Å². The SMILES string of the molecule is COC(=O)c1ccc(C(=O)NC(=S)Nc2ccccc2OCCOc2ccccc2)cc1. The van der Waals surface area contributed by atoms with Crippen LogP contribution < -0.4 is 20.1 Å². The predicted octanol–water partition coefficient (Wildman–Crippen LogP) is 4.06. The summed E-state index contributed by atoms with van der Waals surface area (Å²) in [6, 6.07) is 22.8. The van der Waals surface area contributed by atoms with E-state index >= 15 is 0 Å². The molecule has 3 aromatic rings. The van der Waals surface area contributed by atoms with Crippen molar-refractivity contribution in [2.75, 3.05) is 25.6 Å². The van der Waals surface area contributed by atoms with Gasteiger partial charge in [0.1, 0.15) is 24.7 Å². The highest BCUT2D eigenvalue weighted by molar-refractivity contribution is 7.80. The molecule has 164 valence electrons. The lowest BCUT2D eigenvalue weighted by Gasteiger charge is -2.14. The average molecular weight is 451 g/mol. The second-order valence-electron chi connectivity index (χ2n) is 6.48. The molecule has 0 saturated heterocycles. The van der Waals surface area contributed by atoms with Crippen LogP contribution in [0.5, 0.6) is 11.5 Å². The fourth-order valence-electron chi connectivity index (χ4n) is 2.73. The van der Waals surface area contributed by atoms with Crippen LogP contribution in [0.2, 0.25) is 0 Å². The van der Waals surface area contributed by atoms with E-state index in [9.17, 15) is 9.59 Å². The summed E-state index contributed by atoms with van der Waals surface area (Å²) in [4.78, 5) is 23.9. The van der Waals surface area contributed by atoms with Gasteiger partial charge in [-0.05, 0) is 60.7 Å². The molecule has 0 aliphatic rings. The molecule has 0 aliphatic carbocycles. The van der Waals surface area contributed by atoms with Gasteiger partial charge >= 0.3 is 5.97 Å². The van der Waals surface area contributed by atoms with Crippen LogP contribution in [0.15, 0.2) is 78.9 Å². The molecule has 0 radical (unpaired) electrons. The van der Waals surface area contributed by atoms with E-state index in [1.165, 1.54) is 31.4 Å². The zero-order valence-electron chi connectivity index (χ0n) is 17.4. The summed E-state index contributed by atoms with van der Waals surface area (Å²) < 4.78 is 16.1. The molecule has 0 saturated carbocycles. The van der Waals surface area contributed by atoms with Crippen molar-refractivity contribution in [2.45, 2.75) is 0 Å². The molecule has 3 aromatic carbocycles. The highest BCUT2D eigenvalue weighted by Crippen LogP contribution is 2.23. The van der Waals surface area contributed by atoms with E-state index in [0.717, 1.165) is 5.75 Å². The third kappa shape index (κ3) is 6.55. The van der Waals surface area contributed by atoms with Gasteiger partial charge in [-0.25, -0.2) is 4.79 Å². The largest absolute Gasteiger partial charge is 0.490 e.